The van der Waals surface area contributed by atoms with Gasteiger partial charge in [-0.3, -0.25) is 4.79 Å². The van der Waals surface area contributed by atoms with Crippen LogP contribution in [0.4, 0.5) is 0 Å². The molecule has 1 aromatic heterocycles. The van der Waals surface area contributed by atoms with Crippen LogP contribution < -0.4 is 10.0 Å². The number of hydrogen-bond donors (Lipinski definition) is 2. The molecule has 4 rings (SSSR count). The number of carboxylic acids is 1. The molecule has 0 unspecified atom stereocenters. The number of amides is 1. The summed E-state index contributed by atoms with van der Waals surface area (Å²) < 4.78 is 28.6. The van der Waals surface area contributed by atoms with Gasteiger partial charge in [0.1, 0.15) is 11.6 Å². The number of pyridine rings is 1. The third kappa shape index (κ3) is 5.78. The first-order valence-electron chi connectivity index (χ1n) is 11.7. The average Bonchev–Trinajstić information content (AvgIpc) is 3.27. The van der Waals surface area contributed by atoms with Crippen molar-refractivity contribution in [3.63, 3.8) is 0 Å². The van der Waals surface area contributed by atoms with Crippen LogP contribution >= 0.6 is 23.2 Å². The number of aromatic nitrogens is 1. The van der Waals surface area contributed by atoms with Crippen molar-refractivity contribution in [3.8, 4) is 11.1 Å². The molecule has 2 atom stereocenters. The van der Waals surface area contributed by atoms with E-state index in [1.807, 2.05) is 0 Å². The summed E-state index contributed by atoms with van der Waals surface area (Å²) in [5.41, 5.74) is 0.609. The maximum absolute atomic E-state index is 13.4. The van der Waals surface area contributed by atoms with Gasteiger partial charge in [-0.1, -0.05) is 47.5 Å². The van der Waals surface area contributed by atoms with Gasteiger partial charge in [0.2, 0.25) is 15.9 Å². The quantitative estimate of drug-likeness (QED) is 0.310. The van der Waals surface area contributed by atoms with Gasteiger partial charge < -0.3 is 15.6 Å². The second-order valence-electron chi connectivity index (χ2n) is 9.28. The first kappa shape index (κ1) is 27.8. The van der Waals surface area contributed by atoms with Gasteiger partial charge in [-0.25, -0.2) is 13.2 Å². The van der Waals surface area contributed by atoms with E-state index in [1.54, 1.807) is 36.4 Å². The predicted octanol–water partition coefficient (Wildman–Crippen LogP) is 3.65. The largest absolute Gasteiger partial charge is 0.619 e. The SMILES string of the molecule is C[C@@]1(C(=O)N[C@@H](Cc2ccc(-c3ccc[n+]([O-])c3)cc2)C(=O)O)CCCN1S(=O)(=O)c1cc(Cl)cc(Cl)c1. The Morgan fingerprint density at radius 1 is 1.13 bits per heavy atom. The fraction of sp³-hybridized carbons (Fsp3) is 0.269. The number of carbonyl (C=O) groups is 2. The van der Waals surface area contributed by atoms with E-state index in [4.69, 9.17) is 23.2 Å². The summed E-state index contributed by atoms with van der Waals surface area (Å²) in [7, 11) is -4.15. The minimum atomic E-state index is -4.15. The lowest BCUT2D eigenvalue weighted by Crippen LogP contribution is -2.58. The van der Waals surface area contributed by atoms with E-state index in [1.165, 1.54) is 37.5 Å². The van der Waals surface area contributed by atoms with Crippen LogP contribution in [0.2, 0.25) is 10.0 Å². The van der Waals surface area contributed by atoms with Gasteiger partial charge in [0, 0.05) is 34.6 Å². The van der Waals surface area contributed by atoms with Crippen molar-refractivity contribution in [1.29, 1.82) is 0 Å². The van der Waals surface area contributed by atoms with Gasteiger partial charge >= 0.3 is 5.97 Å². The number of carbonyl (C=O) groups excluding carboxylic acids is 1. The first-order valence-corrected chi connectivity index (χ1v) is 13.9. The monoisotopic (exact) mass is 577 g/mol. The van der Waals surface area contributed by atoms with Crippen LogP contribution in [0.15, 0.2) is 71.9 Å². The van der Waals surface area contributed by atoms with Crippen LogP contribution in [0.25, 0.3) is 11.1 Å². The van der Waals surface area contributed by atoms with E-state index in [2.05, 4.69) is 5.32 Å². The number of benzene rings is 2. The summed E-state index contributed by atoms with van der Waals surface area (Å²) in [6.07, 6.45) is 3.40. The maximum atomic E-state index is 13.4. The summed E-state index contributed by atoms with van der Waals surface area (Å²) in [6, 6.07) is 13.0. The second kappa shape index (κ2) is 10.9. The fourth-order valence-electron chi connectivity index (χ4n) is 4.56. The molecular weight excluding hydrogens is 553 g/mol. The highest BCUT2D eigenvalue weighted by Crippen LogP contribution is 2.36. The summed E-state index contributed by atoms with van der Waals surface area (Å²) >= 11 is 12.0. The summed E-state index contributed by atoms with van der Waals surface area (Å²) in [5.74, 6) is -1.96. The highest BCUT2D eigenvalue weighted by Gasteiger charge is 2.50. The third-order valence-corrected chi connectivity index (χ3v) is 9.03. The molecule has 1 aliphatic heterocycles. The fourth-order valence-corrected chi connectivity index (χ4v) is 7.10. The average molecular weight is 578 g/mol. The van der Waals surface area contributed by atoms with Crippen molar-refractivity contribution < 1.29 is 27.8 Å². The molecule has 38 heavy (non-hydrogen) atoms. The smallest absolute Gasteiger partial charge is 0.326 e. The molecule has 2 N–H and O–H groups in total. The van der Waals surface area contributed by atoms with Gasteiger partial charge in [-0.2, -0.15) is 9.04 Å². The van der Waals surface area contributed by atoms with Crippen LogP contribution in [0.3, 0.4) is 0 Å². The van der Waals surface area contributed by atoms with E-state index in [9.17, 15) is 28.3 Å². The van der Waals surface area contributed by atoms with Crippen molar-refractivity contribution in [2.24, 2.45) is 0 Å². The molecule has 12 heteroatoms. The number of aliphatic carboxylic acids is 1. The van der Waals surface area contributed by atoms with Gasteiger partial charge in [0.15, 0.2) is 12.4 Å². The zero-order chi connectivity index (χ0) is 27.7. The minimum absolute atomic E-state index is 0.0234. The Bertz CT molecular complexity index is 1460. The molecule has 0 saturated carbocycles. The molecule has 0 spiro atoms. The van der Waals surface area contributed by atoms with Crippen molar-refractivity contribution in [2.45, 2.75) is 42.7 Å². The second-order valence-corrected chi connectivity index (χ2v) is 12.0. The van der Waals surface area contributed by atoms with Crippen molar-refractivity contribution in [3.05, 3.63) is 87.8 Å². The molecule has 0 radical (unpaired) electrons. The summed E-state index contributed by atoms with van der Waals surface area (Å²) in [6.45, 7) is 1.56. The Morgan fingerprint density at radius 2 is 1.79 bits per heavy atom. The predicted molar refractivity (Wildman–Crippen MR) is 142 cm³/mol. The lowest BCUT2D eigenvalue weighted by atomic mass is 9.97. The number of nitrogens with zero attached hydrogens (tertiary/aromatic N) is 2. The Kier molecular flexibility index (Phi) is 7.98. The van der Waals surface area contributed by atoms with E-state index in [-0.39, 0.29) is 34.3 Å². The van der Waals surface area contributed by atoms with Crippen LogP contribution in [-0.2, 0) is 26.0 Å². The molecule has 1 aliphatic rings. The number of hydrogen-bond acceptors (Lipinski definition) is 5. The number of halogens is 2. The van der Waals surface area contributed by atoms with Crippen LogP contribution in [0.5, 0.6) is 0 Å². The third-order valence-electron chi connectivity index (χ3n) is 6.59. The summed E-state index contributed by atoms with van der Waals surface area (Å²) in [5, 5.41) is 24.2. The van der Waals surface area contributed by atoms with E-state index in [0.717, 1.165) is 9.87 Å². The maximum Gasteiger partial charge on any atom is 0.326 e. The van der Waals surface area contributed by atoms with E-state index in [0.29, 0.717) is 22.3 Å². The molecule has 1 fully saturated rings. The van der Waals surface area contributed by atoms with Crippen LogP contribution in [0, 0.1) is 5.21 Å². The van der Waals surface area contributed by atoms with E-state index < -0.39 is 33.5 Å². The summed E-state index contributed by atoms with van der Waals surface area (Å²) in [4.78, 5) is 25.3. The highest BCUT2D eigenvalue weighted by atomic mass is 35.5. The van der Waals surface area contributed by atoms with Gasteiger partial charge in [-0.05, 0) is 55.2 Å². The zero-order valence-corrected chi connectivity index (χ0v) is 22.6. The van der Waals surface area contributed by atoms with Crippen molar-refractivity contribution in [1.82, 2.24) is 9.62 Å². The molecule has 2 aromatic carbocycles. The number of carboxylic acid groups (broad SMARTS) is 1. The normalized spacial score (nSPS) is 18.7. The molecule has 200 valence electrons. The minimum Gasteiger partial charge on any atom is -0.619 e. The molecule has 1 saturated heterocycles. The van der Waals surface area contributed by atoms with Gasteiger partial charge in [0.05, 0.1) is 4.90 Å². The standard InChI is InChI=1S/C26H25Cl2N3O6S/c1-26(9-3-11-31(26)38(36,37)22-14-20(27)13-21(28)15-22)25(34)29-23(24(32)33)12-17-5-7-18(8-6-17)19-4-2-10-30(35)16-19/h2,4-8,10,13-16,23H,3,9,11-12H2,1H3,(H,29,34)(H,32,33)/t23-,26-/m0/s1. The first-order chi connectivity index (χ1) is 17.9. The van der Waals surface area contributed by atoms with Crippen molar-refractivity contribution in [2.75, 3.05) is 6.54 Å². The zero-order valence-electron chi connectivity index (χ0n) is 20.3. The van der Waals surface area contributed by atoms with Crippen molar-refractivity contribution >= 4 is 45.1 Å². The lowest BCUT2D eigenvalue weighted by Gasteiger charge is -2.34. The Balaban J connectivity index is 1.53. The lowest BCUT2D eigenvalue weighted by molar-refractivity contribution is -0.604. The number of nitrogens with one attached hydrogen (secondary N) is 1. The Labute approximate surface area is 230 Å². The Morgan fingerprint density at radius 3 is 2.39 bits per heavy atom. The van der Waals surface area contributed by atoms with Gasteiger partial charge in [-0.15, -0.1) is 0 Å². The molecular formula is C26H25Cl2N3O6S. The molecule has 2 heterocycles. The number of rotatable bonds is 8. The number of sulfonamides is 1. The Hall–Kier alpha value is -3.18. The molecule has 0 aliphatic carbocycles. The molecule has 3 aromatic rings. The van der Waals surface area contributed by atoms with Crippen LogP contribution in [0.1, 0.15) is 25.3 Å². The van der Waals surface area contributed by atoms with Gasteiger partial charge in [0.25, 0.3) is 0 Å². The highest BCUT2D eigenvalue weighted by molar-refractivity contribution is 7.89. The van der Waals surface area contributed by atoms with Crippen LogP contribution in [-0.4, -0.2) is 47.8 Å². The molecule has 1 amide bonds. The molecule has 9 nitrogen and oxygen atoms in total. The van der Waals surface area contributed by atoms with E-state index >= 15 is 0 Å². The topological polar surface area (TPSA) is 131 Å². The molecule has 0 bridgehead atoms.